The third kappa shape index (κ3) is 5.88. The van der Waals surface area contributed by atoms with Crippen molar-refractivity contribution in [1.82, 2.24) is 5.32 Å². The Balaban J connectivity index is 1.43. The molecule has 0 aliphatic heterocycles. The van der Waals surface area contributed by atoms with Crippen molar-refractivity contribution in [3.05, 3.63) is 59.7 Å². The van der Waals surface area contributed by atoms with Gasteiger partial charge in [0.1, 0.15) is 5.75 Å². The van der Waals surface area contributed by atoms with Crippen LogP contribution in [0, 0.1) is 11.3 Å². The van der Waals surface area contributed by atoms with Crippen molar-refractivity contribution in [3.8, 4) is 11.8 Å². The summed E-state index contributed by atoms with van der Waals surface area (Å²) in [5.74, 6) is 0.410. The van der Waals surface area contributed by atoms with Crippen LogP contribution in [0.2, 0.25) is 0 Å². The molecule has 0 unspecified atom stereocenters. The zero-order valence-electron chi connectivity index (χ0n) is 15.5. The highest BCUT2D eigenvalue weighted by Gasteiger charge is 2.30. The molecule has 8 heteroatoms. The van der Waals surface area contributed by atoms with E-state index in [0.29, 0.717) is 42.7 Å². The van der Waals surface area contributed by atoms with Gasteiger partial charge in [-0.15, -0.1) is 0 Å². The summed E-state index contributed by atoms with van der Waals surface area (Å²) in [5.41, 5.74) is 0.411. The molecule has 1 fully saturated rings. The Labute approximate surface area is 166 Å². The highest BCUT2D eigenvalue weighted by atomic mass is 19.4. The second-order valence-electron chi connectivity index (χ2n) is 6.90. The fourth-order valence-corrected chi connectivity index (χ4v) is 3.22. The maximum absolute atomic E-state index is 12.6. The molecule has 1 aliphatic rings. The first-order chi connectivity index (χ1) is 13.8. The maximum atomic E-state index is 12.6. The van der Waals surface area contributed by atoms with Crippen LogP contribution in [0.3, 0.4) is 0 Å². The Morgan fingerprint density at radius 1 is 1.00 bits per heavy atom. The first kappa shape index (κ1) is 20.5. The molecule has 0 spiro atoms. The zero-order valence-corrected chi connectivity index (χ0v) is 15.5. The van der Waals surface area contributed by atoms with Crippen LogP contribution in [0.15, 0.2) is 48.5 Å². The molecule has 5 nitrogen and oxygen atoms in total. The van der Waals surface area contributed by atoms with Crippen molar-refractivity contribution in [2.45, 2.75) is 44.0 Å². The monoisotopic (exact) mass is 403 g/mol. The summed E-state index contributed by atoms with van der Waals surface area (Å²) in [6.07, 6.45) is -1.63. The van der Waals surface area contributed by atoms with Crippen molar-refractivity contribution in [2.24, 2.45) is 0 Å². The molecular weight excluding hydrogens is 383 g/mol. The minimum absolute atomic E-state index is 0.000775. The van der Waals surface area contributed by atoms with E-state index in [4.69, 9.17) is 10.00 Å². The van der Waals surface area contributed by atoms with E-state index in [1.807, 2.05) is 6.07 Å². The number of rotatable bonds is 4. The van der Waals surface area contributed by atoms with Crippen LogP contribution < -0.4 is 15.4 Å². The van der Waals surface area contributed by atoms with E-state index in [0.717, 1.165) is 12.1 Å². The van der Waals surface area contributed by atoms with Crippen LogP contribution in [0.1, 0.15) is 36.8 Å². The largest absolute Gasteiger partial charge is 0.490 e. The number of hydrogen-bond acceptors (Lipinski definition) is 3. The van der Waals surface area contributed by atoms with Crippen LogP contribution >= 0.6 is 0 Å². The van der Waals surface area contributed by atoms with Gasteiger partial charge in [-0.25, -0.2) is 4.79 Å². The van der Waals surface area contributed by atoms with Gasteiger partial charge in [-0.2, -0.15) is 18.4 Å². The van der Waals surface area contributed by atoms with E-state index < -0.39 is 11.7 Å². The molecule has 0 atom stereocenters. The number of alkyl halides is 3. The Morgan fingerprint density at radius 2 is 1.62 bits per heavy atom. The molecule has 1 saturated carbocycles. The van der Waals surface area contributed by atoms with Gasteiger partial charge in [0.15, 0.2) is 0 Å². The average molecular weight is 403 g/mol. The molecule has 2 amide bonds. The lowest BCUT2D eigenvalue weighted by molar-refractivity contribution is -0.137. The molecule has 152 valence electrons. The maximum Gasteiger partial charge on any atom is 0.416 e. The van der Waals surface area contributed by atoms with Crippen molar-refractivity contribution < 1.29 is 22.7 Å². The third-order valence-electron chi connectivity index (χ3n) is 4.77. The van der Waals surface area contributed by atoms with Crippen molar-refractivity contribution in [3.63, 3.8) is 0 Å². The fraction of sp³-hybridized carbons (Fsp3) is 0.333. The number of anilines is 1. The Morgan fingerprint density at radius 3 is 2.17 bits per heavy atom. The lowest BCUT2D eigenvalue weighted by Gasteiger charge is -2.29. The molecule has 1 aliphatic carbocycles. The number of amides is 2. The summed E-state index contributed by atoms with van der Waals surface area (Å²) >= 11 is 0. The number of nitrogens with one attached hydrogen (secondary N) is 2. The van der Waals surface area contributed by atoms with Crippen LogP contribution in [-0.2, 0) is 6.18 Å². The third-order valence-corrected chi connectivity index (χ3v) is 4.77. The summed E-state index contributed by atoms with van der Waals surface area (Å²) in [6, 6.07) is 12.9. The summed E-state index contributed by atoms with van der Waals surface area (Å²) < 4.78 is 43.6. The van der Waals surface area contributed by atoms with Gasteiger partial charge < -0.3 is 15.4 Å². The van der Waals surface area contributed by atoms with E-state index >= 15 is 0 Å². The highest BCUT2D eigenvalue weighted by Crippen LogP contribution is 2.31. The standard InChI is InChI=1S/C21H20F3N3O2/c22-21(23,24)15-3-9-18(10-4-15)29-19-11-7-17(8-12-19)27-20(28)26-16-5-1-14(13-25)2-6-16/h1-6,9-10,17,19H,7-8,11-12H2,(H2,26,27,28). The summed E-state index contributed by atoms with van der Waals surface area (Å²) in [6.45, 7) is 0. The number of nitrogens with zero attached hydrogens (tertiary/aromatic N) is 1. The molecular formula is C21H20F3N3O2. The van der Waals surface area contributed by atoms with Gasteiger partial charge >= 0.3 is 12.2 Å². The smallest absolute Gasteiger partial charge is 0.416 e. The number of hydrogen-bond donors (Lipinski definition) is 2. The van der Waals surface area contributed by atoms with Crippen molar-refractivity contribution in [2.75, 3.05) is 5.32 Å². The molecule has 0 aromatic heterocycles. The number of halogens is 3. The predicted octanol–water partition coefficient (Wildman–Crippen LogP) is 5.09. The minimum Gasteiger partial charge on any atom is -0.490 e. The van der Waals surface area contributed by atoms with E-state index in [1.54, 1.807) is 24.3 Å². The molecule has 0 heterocycles. The Hall–Kier alpha value is -3.21. The van der Waals surface area contributed by atoms with Crippen LogP contribution in [-0.4, -0.2) is 18.2 Å². The zero-order chi connectivity index (χ0) is 20.9. The second-order valence-corrected chi connectivity index (χ2v) is 6.90. The molecule has 2 N–H and O–H groups in total. The number of ether oxygens (including phenoxy) is 1. The van der Waals surface area contributed by atoms with Gasteiger partial charge in [-0.1, -0.05) is 0 Å². The fourth-order valence-electron chi connectivity index (χ4n) is 3.22. The summed E-state index contributed by atoms with van der Waals surface area (Å²) in [4.78, 5) is 12.1. The Kier molecular flexibility index (Phi) is 6.27. The van der Waals surface area contributed by atoms with E-state index in [2.05, 4.69) is 10.6 Å². The van der Waals surface area contributed by atoms with Gasteiger partial charge in [0.2, 0.25) is 0 Å². The summed E-state index contributed by atoms with van der Waals surface area (Å²) in [5, 5.41) is 14.4. The topological polar surface area (TPSA) is 74.2 Å². The predicted molar refractivity (Wildman–Crippen MR) is 101 cm³/mol. The first-order valence-corrected chi connectivity index (χ1v) is 9.25. The summed E-state index contributed by atoms with van der Waals surface area (Å²) in [7, 11) is 0. The number of carbonyl (C=O) groups excluding carboxylic acids is 1. The molecule has 3 rings (SSSR count). The van der Waals surface area contributed by atoms with Crippen molar-refractivity contribution >= 4 is 11.7 Å². The van der Waals surface area contributed by atoms with Gasteiger partial charge in [-0.05, 0) is 74.2 Å². The van der Waals surface area contributed by atoms with Crippen LogP contribution in [0.4, 0.5) is 23.7 Å². The van der Waals surface area contributed by atoms with E-state index in [9.17, 15) is 18.0 Å². The number of nitriles is 1. The van der Waals surface area contributed by atoms with Crippen LogP contribution in [0.25, 0.3) is 0 Å². The minimum atomic E-state index is -4.36. The van der Waals surface area contributed by atoms with Crippen LogP contribution in [0.5, 0.6) is 5.75 Å². The van der Waals surface area contributed by atoms with Gasteiger partial charge in [-0.3, -0.25) is 0 Å². The number of benzene rings is 2. The molecule has 0 radical (unpaired) electrons. The van der Waals surface area contributed by atoms with Gasteiger partial charge in [0.25, 0.3) is 0 Å². The SMILES string of the molecule is N#Cc1ccc(NC(=O)NC2CCC(Oc3ccc(C(F)(F)F)cc3)CC2)cc1. The first-order valence-electron chi connectivity index (χ1n) is 9.25. The Bertz CT molecular complexity index is 866. The van der Waals surface area contributed by atoms with Gasteiger partial charge in [0.05, 0.1) is 23.3 Å². The molecule has 2 aromatic rings. The number of urea groups is 1. The van der Waals surface area contributed by atoms with Crippen molar-refractivity contribution in [1.29, 1.82) is 5.26 Å². The normalized spacial score (nSPS) is 19.1. The van der Waals surface area contributed by atoms with Gasteiger partial charge in [0, 0.05) is 11.7 Å². The average Bonchev–Trinajstić information content (AvgIpc) is 2.70. The lowest BCUT2D eigenvalue weighted by atomic mass is 9.93. The van der Waals surface area contributed by atoms with E-state index in [-0.39, 0.29) is 18.2 Å². The molecule has 29 heavy (non-hydrogen) atoms. The quantitative estimate of drug-likeness (QED) is 0.747. The lowest BCUT2D eigenvalue weighted by Crippen LogP contribution is -2.41. The molecule has 2 aromatic carbocycles. The van der Waals surface area contributed by atoms with E-state index in [1.165, 1.54) is 12.1 Å². The number of carbonyl (C=O) groups is 1. The highest BCUT2D eigenvalue weighted by molar-refractivity contribution is 5.89. The molecule has 0 bridgehead atoms. The molecule has 0 saturated heterocycles. The second kappa shape index (κ2) is 8.86.